The third-order valence-corrected chi connectivity index (χ3v) is 4.45. The number of aliphatic hydroxyl groups is 1. The Labute approximate surface area is 148 Å². The summed E-state index contributed by atoms with van der Waals surface area (Å²) >= 11 is 0. The highest BCUT2D eigenvalue weighted by Crippen LogP contribution is 2.25. The van der Waals surface area contributed by atoms with Crippen molar-refractivity contribution >= 4 is 5.69 Å². The van der Waals surface area contributed by atoms with Crippen LogP contribution in [0.3, 0.4) is 0 Å². The maximum atomic E-state index is 9.95. The van der Waals surface area contributed by atoms with Gasteiger partial charge in [-0.05, 0) is 31.0 Å². The second-order valence-corrected chi connectivity index (χ2v) is 6.37. The molecule has 0 radical (unpaired) electrons. The van der Waals surface area contributed by atoms with E-state index in [1.807, 2.05) is 41.9 Å². The summed E-state index contributed by atoms with van der Waals surface area (Å²) < 4.78 is 3.93. The molecule has 2 aromatic heterocycles. The fourth-order valence-electron chi connectivity index (χ4n) is 2.94. The molecule has 0 amide bonds. The Morgan fingerprint density at radius 2 is 1.92 bits per heavy atom. The molecular weight excluding hydrogens is 314 g/mol. The second-order valence-electron chi connectivity index (χ2n) is 6.37. The first-order chi connectivity index (χ1) is 12.1. The van der Waals surface area contributed by atoms with Crippen LogP contribution in [0.5, 0.6) is 0 Å². The molecule has 6 heteroatoms. The Hall–Kier alpha value is -2.60. The molecule has 0 spiro atoms. The van der Waals surface area contributed by atoms with Gasteiger partial charge in [0.05, 0.1) is 37.1 Å². The van der Waals surface area contributed by atoms with E-state index in [0.29, 0.717) is 0 Å². The van der Waals surface area contributed by atoms with E-state index in [9.17, 15) is 5.11 Å². The molecule has 0 bridgehead atoms. The Morgan fingerprint density at radius 3 is 2.52 bits per heavy atom. The number of benzene rings is 1. The molecule has 6 nitrogen and oxygen atoms in total. The number of nitrogens with zero attached hydrogens (tertiary/aromatic N) is 5. The number of hydrogen-bond acceptors (Lipinski definition) is 4. The summed E-state index contributed by atoms with van der Waals surface area (Å²) in [6.07, 6.45) is 8.21. The standard InChI is InChI=1S/C19H25N5O/c1-4-23-12-16(10-21-23)19-11-20-14-24(19)18(13-25)9-15-5-7-17(8-6-15)22(2)3/h5-8,10-12,14,18,25H,4,9,13H2,1-3H3/t18-/m1/s1. The predicted molar refractivity (Wildman–Crippen MR) is 99.7 cm³/mol. The highest BCUT2D eigenvalue weighted by molar-refractivity contribution is 5.57. The smallest absolute Gasteiger partial charge is 0.0954 e. The van der Waals surface area contributed by atoms with E-state index < -0.39 is 0 Å². The van der Waals surface area contributed by atoms with Crippen LogP contribution in [0.25, 0.3) is 11.3 Å². The van der Waals surface area contributed by atoms with Gasteiger partial charge in [0, 0.05) is 38.1 Å². The number of anilines is 1. The van der Waals surface area contributed by atoms with Crippen LogP contribution < -0.4 is 4.90 Å². The SMILES string of the molecule is CCn1cc(-c2cncn2[C@@H](CO)Cc2ccc(N(C)C)cc2)cn1. The van der Waals surface area contributed by atoms with Gasteiger partial charge in [-0.2, -0.15) is 5.10 Å². The Morgan fingerprint density at radius 1 is 1.16 bits per heavy atom. The van der Waals surface area contributed by atoms with Crippen LogP contribution in [-0.2, 0) is 13.0 Å². The van der Waals surface area contributed by atoms with Gasteiger partial charge in [-0.15, -0.1) is 0 Å². The van der Waals surface area contributed by atoms with E-state index in [4.69, 9.17) is 0 Å². The Balaban J connectivity index is 1.83. The van der Waals surface area contributed by atoms with Crippen LogP contribution in [0.15, 0.2) is 49.2 Å². The molecule has 1 aromatic carbocycles. The molecular formula is C19H25N5O. The van der Waals surface area contributed by atoms with E-state index in [-0.39, 0.29) is 12.6 Å². The molecule has 0 saturated heterocycles. The summed E-state index contributed by atoms with van der Waals surface area (Å²) in [6, 6.07) is 8.37. The van der Waals surface area contributed by atoms with Crippen molar-refractivity contribution in [1.29, 1.82) is 0 Å². The lowest BCUT2D eigenvalue weighted by Crippen LogP contribution is -2.16. The minimum absolute atomic E-state index is 0.0563. The van der Waals surface area contributed by atoms with Gasteiger partial charge in [0.2, 0.25) is 0 Å². The normalized spacial score (nSPS) is 12.3. The van der Waals surface area contributed by atoms with E-state index in [1.165, 1.54) is 11.3 Å². The van der Waals surface area contributed by atoms with E-state index in [0.717, 1.165) is 24.2 Å². The van der Waals surface area contributed by atoms with E-state index >= 15 is 0 Å². The maximum Gasteiger partial charge on any atom is 0.0954 e. The fraction of sp³-hybridized carbons (Fsp3) is 0.368. The minimum Gasteiger partial charge on any atom is -0.394 e. The molecule has 0 fully saturated rings. The number of hydrogen-bond donors (Lipinski definition) is 1. The third-order valence-electron chi connectivity index (χ3n) is 4.45. The summed E-state index contributed by atoms with van der Waals surface area (Å²) in [6.45, 7) is 2.94. The van der Waals surface area contributed by atoms with Gasteiger partial charge in [0.1, 0.15) is 0 Å². The minimum atomic E-state index is -0.0623. The van der Waals surface area contributed by atoms with Crippen LogP contribution in [-0.4, -0.2) is 45.1 Å². The summed E-state index contributed by atoms with van der Waals surface area (Å²) in [7, 11) is 4.06. The van der Waals surface area contributed by atoms with Crippen LogP contribution in [0, 0.1) is 0 Å². The number of imidazole rings is 1. The van der Waals surface area contributed by atoms with Gasteiger partial charge in [-0.25, -0.2) is 4.98 Å². The van der Waals surface area contributed by atoms with Crippen LogP contribution in [0.2, 0.25) is 0 Å². The molecule has 0 saturated carbocycles. The van der Waals surface area contributed by atoms with Gasteiger partial charge in [-0.3, -0.25) is 4.68 Å². The highest BCUT2D eigenvalue weighted by atomic mass is 16.3. The molecule has 2 heterocycles. The predicted octanol–water partition coefficient (Wildman–Crippen LogP) is 2.61. The summed E-state index contributed by atoms with van der Waals surface area (Å²) in [5.74, 6) is 0. The van der Waals surface area contributed by atoms with Crippen molar-refractivity contribution in [3.63, 3.8) is 0 Å². The second kappa shape index (κ2) is 7.53. The largest absolute Gasteiger partial charge is 0.394 e. The number of aryl methyl sites for hydroxylation is 1. The van der Waals surface area contributed by atoms with Crippen molar-refractivity contribution in [2.24, 2.45) is 0 Å². The van der Waals surface area contributed by atoms with Gasteiger partial charge in [-0.1, -0.05) is 12.1 Å². The van der Waals surface area contributed by atoms with Gasteiger partial charge in [0.15, 0.2) is 0 Å². The lowest BCUT2D eigenvalue weighted by atomic mass is 10.1. The summed E-state index contributed by atoms with van der Waals surface area (Å²) in [5, 5.41) is 14.3. The summed E-state index contributed by atoms with van der Waals surface area (Å²) in [5.41, 5.74) is 4.34. The first kappa shape index (κ1) is 17.2. The zero-order chi connectivity index (χ0) is 17.8. The molecule has 1 atom stereocenters. The Kier molecular flexibility index (Phi) is 5.19. The molecule has 0 aliphatic carbocycles. The molecule has 0 aliphatic heterocycles. The molecule has 0 aliphatic rings. The number of aliphatic hydroxyl groups excluding tert-OH is 1. The van der Waals surface area contributed by atoms with Crippen LogP contribution in [0.1, 0.15) is 18.5 Å². The number of rotatable bonds is 7. The fourth-order valence-corrected chi connectivity index (χ4v) is 2.94. The number of aromatic nitrogens is 4. The van der Waals surface area contributed by atoms with Crippen molar-refractivity contribution in [2.45, 2.75) is 25.9 Å². The average Bonchev–Trinajstić information content (AvgIpc) is 3.28. The molecule has 3 aromatic rings. The molecule has 1 N–H and O–H groups in total. The van der Waals surface area contributed by atoms with Crippen molar-refractivity contribution < 1.29 is 5.11 Å². The zero-order valence-electron chi connectivity index (χ0n) is 15.0. The topological polar surface area (TPSA) is 59.1 Å². The van der Waals surface area contributed by atoms with Gasteiger partial charge >= 0.3 is 0 Å². The van der Waals surface area contributed by atoms with Crippen molar-refractivity contribution in [3.05, 3.63) is 54.7 Å². The Bertz CT molecular complexity index is 803. The maximum absolute atomic E-state index is 9.95. The van der Waals surface area contributed by atoms with Crippen LogP contribution in [0.4, 0.5) is 5.69 Å². The van der Waals surface area contributed by atoms with E-state index in [1.54, 1.807) is 6.33 Å². The van der Waals surface area contributed by atoms with Crippen molar-refractivity contribution in [3.8, 4) is 11.3 Å². The zero-order valence-corrected chi connectivity index (χ0v) is 15.0. The molecule has 132 valence electrons. The lowest BCUT2D eigenvalue weighted by molar-refractivity contribution is 0.228. The molecule has 0 unspecified atom stereocenters. The van der Waals surface area contributed by atoms with Crippen molar-refractivity contribution in [2.75, 3.05) is 25.6 Å². The monoisotopic (exact) mass is 339 g/mol. The van der Waals surface area contributed by atoms with Crippen molar-refractivity contribution in [1.82, 2.24) is 19.3 Å². The lowest BCUT2D eigenvalue weighted by Gasteiger charge is -2.19. The van der Waals surface area contributed by atoms with Gasteiger partial charge in [0.25, 0.3) is 0 Å². The van der Waals surface area contributed by atoms with Gasteiger partial charge < -0.3 is 14.6 Å². The quantitative estimate of drug-likeness (QED) is 0.719. The third kappa shape index (κ3) is 3.74. The van der Waals surface area contributed by atoms with Crippen LogP contribution >= 0.6 is 0 Å². The first-order valence-corrected chi connectivity index (χ1v) is 8.54. The molecule has 25 heavy (non-hydrogen) atoms. The first-order valence-electron chi connectivity index (χ1n) is 8.54. The highest BCUT2D eigenvalue weighted by Gasteiger charge is 2.16. The molecule has 3 rings (SSSR count). The average molecular weight is 339 g/mol. The van der Waals surface area contributed by atoms with E-state index in [2.05, 4.69) is 46.2 Å². The summed E-state index contributed by atoms with van der Waals surface area (Å²) in [4.78, 5) is 6.37.